The smallest absolute Gasteiger partial charge is 0.0856 e. The molecule has 2 unspecified atom stereocenters. The number of nitrogens with zero attached hydrogens (tertiary/aromatic N) is 1. The average Bonchev–Trinajstić information content (AvgIpc) is 2.43. The Bertz CT molecular complexity index is 447. The highest BCUT2D eigenvalue weighted by Gasteiger charge is 2.26. The number of hydrogen-bond acceptors (Lipinski definition) is 3. The van der Waals surface area contributed by atoms with E-state index in [4.69, 9.17) is 10.5 Å². The first-order valence-electron chi connectivity index (χ1n) is 8.17. The summed E-state index contributed by atoms with van der Waals surface area (Å²) in [6, 6.07) is 4.57. The first kappa shape index (κ1) is 16.5. The molecule has 21 heavy (non-hydrogen) atoms. The van der Waals surface area contributed by atoms with E-state index >= 15 is 0 Å². The Hall–Kier alpha value is -0.900. The summed E-state index contributed by atoms with van der Waals surface area (Å²) in [6.07, 6.45) is 2.26. The molecule has 0 aromatic heterocycles. The van der Waals surface area contributed by atoms with E-state index in [0.29, 0.717) is 0 Å². The molecule has 0 bridgehead atoms. The molecule has 3 nitrogen and oxygen atoms in total. The van der Waals surface area contributed by atoms with Gasteiger partial charge in [0.2, 0.25) is 0 Å². The van der Waals surface area contributed by atoms with Gasteiger partial charge < -0.3 is 10.5 Å². The molecule has 1 aliphatic rings. The van der Waals surface area contributed by atoms with Crippen LogP contribution in [0, 0.1) is 20.8 Å². The van der Waals surface area contributed by atoms with Gasteiger partial charge in [0.05, 0.1) is 12.7 Å². The Morgan fingerprint density at radius 2 is 1.95 bits per heavy atom. The Morgan fingerprint density at radius 1 is 1.29 bits per heavy atom. The molecule has 2 rings (SSSR count). The SMILES string of the molecule is CCCN1CCOC(C(N)Cc2c(C)cc(C)cc2C)C1. The Balaban J connectivity index is 2.02. The molecule has 1 saturated heterocycles. The van der Waals surface area contributed by atoms with Crippen LogP contribution in [0.2, 0.25) is 0 Å². The van der Waals surface area contributed by atoms with Crippen LogP contribution in [-0.2, 0) is 11.2 Å². The van der Waals surface area contributed by atoms with Crippen molar-refractivity contribution < 1.29 is 4.74 Å². The molecule has 1 heterocycles. The van der Waals surface area contributed by atoms with Crippen LogP contribution in [0.25, 0.3) is 0 Å². The lowest BCUT2D eigenvalue weighted by atomic mass is 9.92. The number of benzene rings is 1. The van der Waals surface area contributed by atoms with Crippen molar-refractivity contribution in [1.82, 2.24) is 4.90 Å². The van der Waals surface area contributed by atoms with Gasteiger partial charge in [-0.05, 0) is 56.8 Å². The second-order valence-electron chi connectivity index (χ2n) is 6.46. The largest absolute Gasteiger partial charge is 0.374 e. The van der Waals surface area contributed by atoms with Crippen molar-refractivity contribution in [2.75, 3.05) is 26.2 Å². The summed E-state index contributed by atoms with van der Waals surface area (Å²) in [5.41, 5.74) is 11.9. The van der Waals surface area contributed by atoms with E-state index in [0.717, 1.165) is 32.7 Å². The van der Waals surface area contributed by atoms with Gasteiger partial charge in [-0.2, -0.15) is 0 Å². The van der Waals surface area contributed by atoms with Crippen molar-refractivity contribution >= 4 is 0 Å². The fourth-order valence-electron chi connectivity index (χ4n) is 3.41. The summed E-state index contributed by atoms with van der Waals surface area (Å²) >= 11 is 0. The summed E-state index contributed by atoms with van der Waals surface area (Å²) in [5.74, 6) is 0. The summed E-state index contributed by atoms with van der Waals surface area (Å²) in [4.78, 5) is 2.48. The fraction of sp³-hybridized carbons (Fsp3) is 0.667. The number of morpholine rings is 1. The van der Waals surface area contributed by atoms with Crippen LogP contribution in [-0.4, -0.2) is 43.3 Å². The van der Waals surface area contributed by atoms with E-state index in [1.54, 1.807) is 0 Å². The van der Waals surface area contributed by atoms with Gasteiger partial charge in [0.1, 0.15) is 0 Å². The highest BCUT2D eigenvalue weighted by atomic mass is 16.5. The monoisotopic (exact) mass is 290 g/mol. The number of nitrogens with two attached hydrogens (primary N) is 1. The molecule has 0 aliphatic carbocycles. The summed E-state index contributed by atoms with van der Waals surface area (Å²) < 4.78 is 5.93. The van der Waals surface area contributed by atoms with Gasteiger partial charge in [-0.15, -0.1) is 0 Å². The highest BCUT2D eigenvalue weighted by Crippen LogP contribution is 2.20. The molecular formula is C18H30N2O. The third kappa shape index (κ3) is 4.29. The molecule has 0 amide bonds. The van der Waals surface area contributed by atoms with E-state index in [1.807, 2.05) is 0 Å². The molecule has 2 atom stereocenters. The predicted octanol–water partition coefficient (Wildman–Crippen LogP) is 2.59. The van der Waals surface area contributed by atoms with Gasteiger partial charge >= 0.3 is 0 Å². The molecule has 3 heteroatoms. The zero-order chi connectivity index (χ0) is 15.4. The molecule has 1 aliphatic heterocycles. The number of ether oxygens (including phenoxy) is 1. The molecule has 2 N–H and O–H groups in total. The first-order valence-corrected chi connectivity index (χ1v) is 8.17. The Kier molecular flexibility index (Phi) is 5.80. The van der Waals surface area contributed by atoms with E-state index < -0.39 is 0 Å². The second-order valence-corrected chi connectivity index (χ2v) is 6.46. The van der Waals surface area contributed by atoms with E-state index in [2.05, 4.69) is 44.7 Å². The van der Waals surface area contributed by atoms with Crippen LogP contribution in [0.1, 0.15) is 35.6 Å². The minimum Gasteiger partial charge on any atom is -0.374 e. The lowest BCUT2D eigenvalue weighted by Crippen LogP contribution is -2.51. The molecule has 1 aromatic rings. The lowest BCUT2D eigenvalue weighted by molar-refractivity contribution is -0.0401. The maximum absolute atomic E-state index is 6.46. The molecule has 0 radical (unpaired) electrons. The zero-order valence-corrected chi connectivity index (χ0v) is 14.0. The van der Waals surface area contributed by atoms with Crippen LogP contribution < -0.4 is 5.73 Å². The third-order valence-corrected chi connectivity index (χ3v) is 4.48. The maximum atomic E-state index is 6.46. The normalized spacial score (nSPS) is 21.5. The molecular weight excluding hydrogens is 260 g/mol. The Morgan fingerprint density at radius 3 is 2.57 bits per heavy atom. The minimum atomic E-state index is 0.0739. The molecule has 0 saturated carbocycles. The lowest BCUT2D eigenvalue weighted by Gasteiger charge is -2.36. The standard InChI is InChI=1S/C18H30N2O/c1-5-6-20-7-8-21-18(12-20)17(19)11-16-14(3)9-13(2)10-15(16)4/h9-10,17-18H,5-8,11-12,19H2,1-4H3. The minimum absolute atomic E-state index is 0.0739. The van der Waals surface area contributed by atoms with Gasteiger partial charge in [-0.1, -0.05) is 24.6 Å². The van der Waals surface area contributed by atoms with Crippen LogP contribution >= 0.6 is 0 Å². The highest BCUT2D eigenvalue weighted by molar-refractivity contribution is 5.38. The van der Waals surface area contributed by atoms with Gasteiger partial charge in [0.25, 0.3) is 0 Å². The summed E-state index contributed by atoms with van der Waals surface area (Å²) in [6.45, 7) is 12.7. The van der Waals surface area contributed by atoms with Gasteiger partial charge in [-0.3, -0.25) is 4.90 Å². The molecule has 118 valence electrons. The van der Waals surface area contributed by atoms with Gasteiger partial charge in [0, 0.05) is 19.1 Å². The molecule has 0 spiro atoms. The van der Waals surface area contributed by atoms with Crippen molar-refractivity contribution in [1.29, 1.82) is 0 Å². The quantitative estimate of drug-likeness (QED) is 0.906. The van der Waals surface area contributed by atoms with Gasteiger partial charge in [0.15, 0.2) is 0 Å². The van der Waals surface area contributed by atoms with Crippen molar-refractivity contribution in [3.63, 3.8) is 0 Å². The van der Waals surface area contributed by atoms with E-state index in [-0.39, 0.29) is 12.1 Å². The van der Waals surface area contributed by atoms with Crippen molar-refractivity contribution in [2.45, 2.75) is 52.7 Å². The van der Waals surface area contributed by atoms with E-state index in [1.165, 1.54) is 28.7 Å². The fourth-order valence-corrected chi connectivity index (χ4v) is 3.41. The third-order valence-electron chi connectivity index (χ3n) is 4.48. The topological polar surface area (TPSA) is 38.5 Å². The van der Waals surface area contributed by atoms with Crippen LogP contribution in [0.5, 0.6) is 0 Å². The van der Waals surface area contributed by atoms with Crippen molar-refractivity contribution in [3.05, 3.63) is 34.4 Å². The number of hydrogen-bond donors (Lipinski definition) is 1. The summed E-state index contributed by atoms with van der Waals surface area (Å²) in [5, 5.41) is 0. The van der Waals surface area contributed by atoms with Crippen LogP contribution in [0.15, 0.2) is 12.1 Å². The Labute approximate surface area is 129 Å². The van der Waals surface area contributed by atoms with Gasteiger partial charge in [-0.25, -0.2) is 0 Å². The zero-order valence-electron chi connectivity index (χ0n) is 14.0. The number of rotatable bonds is 5. The maximum Gasteiger partial charge on any atom is 0.0856 e. The predicted molar refractivity (Wildman–Crippen MR) is 88.8 cm³/mol. The average molecular weight is 290 g/mol. The summed E-state index contributed by atoms with van der Waals surface area (Å²) in [7, 11) is 0. The van der Waals surface area contributed by atoms with E-state index in [9.17, 15) is 0 Å². The van der Waals surface area contributed by atoms with Crippen LogP contribution in [0.3, 0.4) is 0 Å². The molecule has 1 fully saturated rings. The van der Waals surface area contributed by atoms with Crippen molar-refractivity contribution in [3.8, 4) is 0 Å². The number of aryl methyl sites for hydroxylation is 3. The van der Waals surface area contributed by atoms with Crippen LogP contribution in [0.4, 0.5) is 0 Å². The molecule has 1 aromatic carbocycles. The van der Waals surface area contributed by atoms with Crippen molar-refractivity contribution in [2.24, 2.45) is 5.73 Å². The first-order chi connectivity index (χ1) is 10.0. The second kappa shape index (κ2) is 7.39.